The summed E-state index contributed by atoms with van der Waals surface area (Å²) in [5.74, 6) is 0.293. The fourth-order valence-electron chi connectivity index (χ4n) is 2.88. The summed E-state index contributed by atoms with van der Waals surface area (Å²) >= 11 is 5.91. The van der Waals surface area contributed by atoms with Gasteiger partial charge in [0.1, 0.15) is 11.5 Å². The third-order valence-corrected chi connectivity index (χ3v) is 4.76. The first-order chi connectivity index (χ1) is 15.0. The molecule has 0 unspecified atom stereocenters. The van der Waals surface area contributed by atoms with Crippen LogP contribution in [0.4, 0.5) is 5.69 Å². The van der Waals surface area contributed by atoms with E-state index < -0.39 is 12.6 Å². The lowest BCUT2D eigenvalue weighted by molar-refractivity contribution is -0.133. The second-order valence-corrected chi connectivity index (χ2v) is 7.23. The quantitative estimate of drug-likeness (QED) is 0.489. The Labute approximate surface area is 185 Å². The van der Waals surface area contributed by atoms with Crippen molar-refractivity contribution in [3.8, 4) is 11.3 Å². The average molecular weight is 443 g/mol. The average Bonchev–Trinajstić information content (AvgIpc) is 3.24. The molecule has 3 rings (SSSR count). The van der Waals surface area contributed by atoms with Crippen molar-refractivity contribution in [3.63, 3.8) is 0 Å². The van der Waals surface area contributed by atoms with Gasteiger partial charge in [-0.15, -0.1) is 0 Å². The SMILES string of the molecule is CN(Cc1ccc(-c2ccc(Cl)cc2)o1)C(=O)COC(=O)c1ccccc1NCCO. The first-order valence-electron chi connectivity index (χ1n) is 9.67. The van der Waals surface area contributed by atoms with Gasteiger partial charge in [0.2, 0.25) is 0 Å². The van der Waals surface area contributed by atoms with Crippen LogP contribution in [0.1, 0.15) is 16.1 Å². The Morgan fingerprint density at radius 3 is 2.58 bits per heavy atom. The van der Waals surface area contributed by atoms with Crippen LogP contribution in [0.15, 0.2) is 65.1 Å². The molecule has 2 aromatic carbocycles. The van der Waals surface area contributed by atoms with Crippen molar-refractivity contribution in [3.05, 3.63) is 77.0 Å². The second kappa shape index (κ2) is 10.7. The van der Waals surface area contributed by atoms with E-state index in [-0.39, 0.29) is 19.1 Å². The molecule has 0 aliphatic rings. The fraction of sp³-hybridized carbons (Fsp3) is 0.217. The highest BCUT2D eigenvalue weighted by Gasteiger charge is 2.17. The van der Waals surface area contributed by atoms with Gasteiger partial charge in [-0.2, -0.15) is 0 Å². The Morgan fingerprint density at radius 2 is 1.84 bits per heavy atom. The van der Waals surface area contributed by atoms with E-state index in [0.29, 0.717) is 34.3 Å². The molecule has 0 aliphatic heterocycles. The van der Waals surface area contributed by atoms with Gasteiger partial charge in [0.25, 0.3) is 5.91 Å². The molecule has 1 heterocycles. The number of aliphatic hydroxyl groups is 1. The number of carbonyl (C=O) groups excluding carboxylic acids is 2. The predicted molar refractivity (Wildman–Crippen MR) is 118 cm³/mol. The number of nitrogens with one attached hydrogen (secondary N) is 1. The number of anilines is 1. The van der Waals surface area contributed by atoms with Gasteiger partial charge in [-0.05, 0) is 48.5 Å². The van der Waals surface area contributed by atoms with Crippen LogP contribution in [0, 0.1) is 0 Å². The van der Waals surface area contributed by atoms with Crippen molar-refractivity contribution in [2.75, 3.05) is 32.1 Å². The number of para-hydroxylation sites is 1. The molecule has 7 nitrogen and oxygen atoms in total. The molecule has 0 saturated heterocycles. The van der Waals surface area contributed by atoms with Crippen molar-refractivity contribution in [2.45, 2.75) is 6.54 Å². The van der Waals surface area contributed by atoms with E-state index in [1.807, 2.05) is 18.2 Å². The second-order valence-electron chi connectivity index (χ2n) is 6.79. The summed E-state index contributed by atoms with van der Waals surface area (Å²) in [4.78, 5) is 26.2. The number of esters is 1. The Hall–Kier alpha value is -3.29. The predicted octanol–water partition coefficient (Wildman–Crippen LogP) is 3.82. The molecule has 2 N–H and O–H groups in total. The Kier molecular flexibility index (Phi) is 7.70. The molecular formula is C23H23ClN2O5. The third kappa shape index (κ3) is 6.10. The van der Waals surface area contributed by atoms with E-state index in [1.54, 1.807) is 49.5 Å². The van der Waals surface area contributed by atoms with Gasteiger partial charge in [-0.3, -0.25) is 4.79 Å². The number of furan rings is 1. The molecule has 1 aromatic heterocycles. The highest BCUT2D eigenvalue weighted by Crippen LogP contribution is 2.24. The van der Waals surface area contributed by atoms with Gasteiger partial charge in [0.05, 0.1) is 18.7 Å². The summed E-state index contributed by atoms with van der Waals surface area (Å²) in [6, 6.07) is 17.6. The van der Waals surface area contributed by atoms with E-state index in [1.165, 1.54) is 4.90 Å². The molecule has 162 valence electrons. The lowest BCUT2D eigenvalue weighted by Crippen LogP contribution is -2.30. The molecule has 31 heavy (non-hydrogen) atoms. The Balaban J connectivity index is 1.54. The minimum atomic E-state index is -0.620. The summed E-state index contributed by atoms with van der Waals surface area (Å²) in [5, 5.41) is 12.5. The number of hydrogen-bond donors (Lipinski definition) is 2. The highest BCUT2D eigenvalue weighted by atomic mass is 35.5. The molecule has 0 saturated carbocycles. The van der Waals surface area contributed by atoms with E-state index >= 15 is 0 Å². The Morgan fingerprint density at radius 1 is 1.10 bits per heavy atom. The lowest BCUT2D eigenvalue weighted by atomic mass is 10.2. The number of ether oxygens (including phenoxy) is 1. The van der Waals surface area contributed by atoms with E-state index in [0.717, 1.165) is 5.56 Å². The van der Waals surface area contributed by atoms with Crippen molar-refractivity contribution in [1.82, 2.24) is 4.90 Å². The first kappa shape index (κ1) is 22.4. The standard InChI is InChI=1S/C23H23ClN2O5/c1-26(14-18-10-11-21(31-18)16-6-8-17(24)9-7-16)22(28)15-30-23(29)19-4-2-3-5-20(19)25-12-13-27/h2-11,25,27H,12-15H2,1H3. The molecule has 0 radical (unpaired) electrons. The summed E-state index contributed by atoms with van der Waals surface area (Å²) in [5.41, 5.74) is 1.71. The number of carbonyl (C=O) groups is 2. The zero-order valence-electron chi connectivity index (χ0n) is 17.0. The zero-order chi connectivity index (χ0) is 22.2. The highest BCUT2D eigenvalue weighted by molar-refractivity contribution is 6.30. The smallest absolute Gasteiger partial charge is 0.340 e. The van der Waals surface area contributed by atoms with E-state index in [9.17, 15) is 9.59 Å². The van der Waals surface area contributed by atoms with Crippen LogP contribution in [0.3, 0.4) is 0 Å². The van der Waals surface area contributed by atoms with Gasteiger partial charge in [0.15, 0.2) is 6.61 Å². The van der Waals surface area contributed by atoms with Crippen LogP contribution in [-0.4, -0.2) is 48.7 Å². The number of nitrogens with zero attached hydrogens (tertiary/aromatic N) is 1. The normalized spacial score (nSPS) is 10.5. The van der Waals surface area contributed by atoms with E-state index in [4.69, 9.17) is 25.9 Å². The third-order valence-electron chi connectivity index (χ3n) is 4.51. The zero-order valence-corrected chi connectivity index (χ0v) is 17.8. The molecule has 0 fully saturated rings. The number of amides is 1. The Bertz CT molecular complexity index is 1030. The van der Waals surface area contributed by atoms with Gasteiger partial charge < -0.3 is 24.5 Å². The minimum Gasteiger partial charge on any atom is -0.459 e. The molecular weight excluding hydrogens is 420 g/mol. The van der Waals surface area contributed by atoms with Crippen LogP contribution < -0.4 is 5.32 Å². The molecule has 0 aliphatic carbocycles. The lowest BCUT2D eigenvalue weighted by Gasteiger charge is -2.16. The van der Waals surface area contributed by atoms with Crippen LogP contribution in [0.25, 0.3) is 11.3 Å². The van der Waals surface area contributed by atoms with Crippen molar-refractivity contribution >= 4 is 29.2 Å². The number of likely N-dealkylation sites (N-methyl/N-ethyl adjacent to an activating group) is 1. The van der Waals surface area contributed by atoms with Crippen LogP contribution in [-0.2, 0) is 16.1 Å². The topological polar surface area (TPSA) is 92.0 Å². The maximum Gasteiger partial charge on any atom is 0.340 e. The number of benzene rings is 2. The van der Waals surface area contributed by atoms with Crippen LogP contribution in [0.2, 0.25) is 5.02 Å². The number of halogens is 1. The van der Waals surface area contributed by atoms with Crippen LogP contribution >= 0.6 is 11.6 Å². The van der Waals surface area contributed by atoms with Gasteiger partial charge >= 0.3 is 5.97 Å². The fourth-order valence-corrected chi connectivity index (χ4v) is 3.00. The van der Waals surface area contributed by atoms with E-state index in [2.05, 4.69) is 5.32 Å². The summed E-state index contributed by atoms with van der Waals surface area (Å²) in [6.45, 7) is 0.0688. The number of rotatable bonds is 9. The van der Waals surface area contributed by atoms with Gasteiger partial charge in [0, 0.05) is 29.9 Å². The minimum absolute atomic E-state index is 0.0703. The number of hydrogen-bond acceptors (Lipinski definition) is 6. The maximum atomic E-state index is 12.4. The van der Waals surface area contributed by atoms with Gasteiger partial charge in [-0.1, -0.05) is 23.7 Å². The van der Waals surface area contributed by atoms with Crippen molar-refractivity contribution in [1.29, 1.82) is 0 Å². The monoisotopic (exact) mass is 442 g/mol. The maximum absolute atomic E-state index is 12.4. The number of aliphatic hydroxyl groups excluding tert-OH is 1. The molecule has 8 heteroatoms. The molecule has 0 bridgehead atoms. The van der Waals surface area contributed by atoms with Crippen molar-refractivity contribution < 1.29 is 23.8 Å². The molecule has 1 amide bonds. The summed E-state index contributed by atoms with van der Waals surface area (Å²) in [7, 11) is 1.61. The molecule has 3 aromatic rings. The summed E-state index contributed by atoms with van der Waals surface area (Å²) < 4.78 is 11.0. The van der Waals surface area contributed by atoms with Gasteiger partial charge in [-0.25, -0.2) is 4.79 Å². The first-order valence-corrected chi connectivity index (χ1v) is 10.0. The molecule has 0 spiro atoms. The largest absolute Gasteiger partial charge is 0.459 e. The molecule has 0 atom stereocenters. The van der Waals surface area contributed by atoms with Crippen LogP contribution in [0.5, 0.6) is 0 Å². The summed E-state index contributed by atoms with van der Waals surface area (Å²) in [6.07, 6.45) is 0. The van der Waals surface area contributed by atoms with Crippen molar-refractivity contribution in [2.24, 2.45) is 0 Å².